The molecule has 3 atom stereocenters. The molecule has 9 nitrogen and oxygen atoms in total. The van der Waals surface area contributed by atoms with Crippen LogP contribution in [-0.2, 0) is 36.9 Å². The fourth-order valence-corrected chi connectivity index (χ4v) is 7.57. The van der Waals surface area contributed by atoms with Crippen molar-refractivity contribution >= 4 is 16.6 Å². The van der Waals surface area contributed by atoms with E-state index in [0.29, 0.717) is 37.0 Å². The minimum absolute atomic E-state index is 0.000559. The molecular weight excluding hydrogens is 682 g/mol. The fraction of sp³-hybridized carbons (Fsp3) is 0.267. The lowest BCUT2D eigenvalue weighted by Crippen LogP contribution is -2.30. The number of ketones is 1. The molecule has 0 spiro atoms. The van der Waals surface area contributed by atoms with Gasteiger partial charge in [0.05, 0.1) is 20.3 Å². The average Bonchev–Trinajstić information content (AvgIpc) is 3.68. The molecule has 6 rings (SSSR count). The van der Waals surface area contributed by atoms with Crippen LogP contribution in [0.4, 0.5) is 0 Å². The molecule has 0 radical (unpaired) electrons. The van der Waals surface area contributed by atoms with Crippen LogP contribution in [-0.4, -0.2) is 58.2 Å². The summed E-state index contributed by atoms with van der Waals surface area (Å²) in [6.07, 6.45) is 4.21. The van der Waals surface area contributed by atoms with Crippen molar-refractivity contribution in [2.45, 2.75) is 50.5 Å². The van der Waals surface area contributed by atoms with Gasteiger partial charge < -0.3 is 40.0 Å². The molecule has 0 aliphatic carbocycles. The number of carbonyl (C=O) groups excluding carboxylic acids is 1. The van der Waals surface area contributed by atoms with Crippen LogP contribution in [0.25, 0.3) is 10.8 Å². The van der Waals surface area contributed by atoms with Gasteiger partial charge in [-0.05, 0) is 101 Å². The zero-order valence-electron chi connectivity index (χ0n) is 30.5. The third kappa shape index (κ3) is 8.71. The van der Waals surface area contributed by atoms with E-state index < -0.39 is 17.9 Å². The van der Waals surface area contributed by atoms with Crippen LogP contribution in [0.15, 0.2) is 109 Å². The highest BCUT2D eigenvalue weighted by Gasteiger charge is 2.30. The molecule has 6 aromatic rings. The van der Waals surface area contributed by atoms with Gasteiger partial charge in [0.15, 0.2) is 23.0 Å². The van der Waals surface area contributed by atoms with Gasteiger partial charge in [0.25, 0.3) is 0 Å². The normalized spacial score (nSPS) is 13.0. The van der Waals surface area contributed by atoms with Crippen LogP contribution >= 0.6 is 0 Å². The van der Waals surface area contributed by atoms with E-state index in [1.165, 1.54) is 20.3 Å². The maximum atomic E-state index is 14.3. The van der Waals surface area contributed by atoms with Crippen LogP contribution < -0.4 is 14.5 Å². The summed E-state index contributed by atoms with van der Waals surface area (Å²) in [7, 11) is 2.98. The average molecular weight is 729 g/mol. The number of aromatic nitrogens is 1. The summed E-state index contributed by atoms with van der Waals surface area (Å²) in [5.41, 5.74) is 5.93. The first-order chi connectivity index (χ1) is 26.2. The van der Waals surface area contributed by atoms with Crippen molar-refractivity contribution in [3.05, 3.63) is 148 Å². The number of hydrogen-bond donors (Lipinski definition) is 5. The number of Topliss-reactive ketones (excluding diaryl/α,β-unsaturated/α-hetero) is 1. The van der Waals surface area contributed by atoms with Crippen LogP contribution in [0.2, 0.25) is 0 Å². The highest BCUT2D eigenvalue weighted by molar-refractivity contribution is 5.89. The van der Waals surface area contributed by atoms with Crippen LogP contribution in [0.3, 0.4) is 0 Å². The summed E-state index contributed by atoms with van der Waals surface area (Å²) in [6, 6.07) is 29.0. The SMILES string of the molecule is COc1cc(CC(C(=O)CC(O)C(Cc2cc[n-]c2)Cc2ccc(O)c(OC)c2Cc2cccc3cccc(CCO)c23)c2cccc(O)c2)ccc1O. The quantitative estimate of drug-likeness (QED) is 0.0683. The number of methoxy groups -OCH3 is 2. The van der Waals surface area contributed by atoms with Gasteiger partial charge in [0.2, 0.25) is 0 Å². The maximum absolute atomic E-state index is 14.3. The Morgan fingerprint density at radius 1 is 0.759 bits per heavy atom. The van der Waals surface area contributed by atoms with Gasteiger partial charge in [-0.1, -0.05) is 72.3 Å². The highest BCUT2D eigenvalue weighted by atomic mass is 16.5. The van der Waals surface area contributed by atoms with Gasteiger partial charge in [0.1, 0.15) is 11.5 Å². The first-order valence-electron chi connectivity index (χ1n) is 18.1. The van der Waals surface area contributed by atoms with E-state index >= 15 is 0 Å². The van der Waals surface area contributed by atoms with Gasteiger partial charge in [-0.2, -0.15) is 12.4 Å². The number of fused-ring (bicyclic) bond motifs is 1. The number of phenolic OH excluding ortho intramolecular Hbond substituents is 3. The molecule has 3 unspecified atom stereocenters. The molecule has 1 heterocycles. The predicted molar refractivity (Wildman–Crippen MR) is 208 cm³/mol. The monoisotopic (exact) mass is 728 g/mol. The molecule has 0 saturated carbocycles. The van der Waals surface area contributed by atoms with E-state index in [2.05, 4.69) is 4.98 Å². The number of phenols is 3. The van der Waals surface area contributed by atoms with Gasteiger partial charge in [-0.3, -0.25) is 4.79 Å². The van der Waals surface area contributed by atoms with E-state index in [1.54, 1.807) is 54.9 Å². The molecule has 1 aromatic heterocycles. The lowest BCUT2D eigenvalue weighted by atomic mass is 9.80. The highest BCUT2D eigenvalue weighted by Crippen LogP contribution is 2.38. The van der Waals surface area contributed by atoms with Crippen molar-refractivity contribution in [3.63, 3.8) is 0 Å². The number of aliphatic hydroxyl groups is 2. The standard InChI is InChI=1S/C45H46NO8/c1-53-43-22-28(12-14-39(43)49)21-37(32-9-5-11-36(48)24-32)42(52)26-41(51)35(20-29-16-18-46-27-29)23-33-13-15-40(50)45(54-2)38(33)25-34-10-4-7-30-6-3-8-31(17-19-47)44(30)34/h3-16,18,22,24,27,35,37,41,47-51H,17,19-21,23,25-26H2,1-2H3/q-1. The minimum Gasteiger partial charge on any atom is -0.670 e. The Balaban J connectivity index is 1.34. The van der Waals surface area contributed by atoms with Crippen molar-refractivity contribution in [1.82, 2.24) is 4.98 Å². The van der Waals surface area contributed by atoms with Gasteiger partial charge >= 0.3 is 0 Å². The van der Waals surface area contributed by atoms with Crippen LogP contribution in [0, 0.1) is 5.92 Å². The van der Waals surface area contributed by atoms with E-state index in [-0.39, 0.29) is 48.2 Å². The third-order valence-corrected chi connectivity index (χ3v) is 10.3. The van der Waals surface area contributed by atoms with Crippen molar-refractivity contribution in [2.75, 3.05) is 20.8 Å². The number of rotatable bonds is 17. The van der Waals surface area contributed by atoms with E-state index in [0.717, 1.165) is 44.2 Å². The van der Waals surface area contributed by atoms with E-state index in [9.17, 15) is 30.3 Å². The molecular formula is C45H46NO8-. The van der Waals surface area contributed by atoms with Crippen molar-refractivity contribution in [2.24, 2.45) is 5.92 Å². The lowest BCUT2D eigenvalue weighted by Gasteiger charge is -2.27. The summed E-state index contributed by atoms with van der Waals surface area (Å²) >= 11 is 0. The first kappa shape index (κ1) is 38.0. The van der Waals surface area contributed by atoms with Crippen LogP contribution in [0.5, 0.6) is 28.7 Å². The second kappa shape index (κ2) is 17.4. The second-order valence-electron chi connectivity index (χ2n) is 13.8. The maximum Gasteiger partial charge on any atom is 0.164 e. The molecule has 280 valence electrons. The fourth-order valence-electron chi connectivity index (χ4n) is 7.57. The largest absolute Gasteiger partial charge is 0.670 e. The Morgan fingerprint density at radius 2 is 1.52 bits per heavy atom. The Morgan fingerprint density at radius 3 is 2.22 bits per heavy atom. The van der Waals surface area contributed by atoms with E-state index in [4.69, 9.17) is 9.47 Å². The van der Waals surface area contributed by atoms with Gasteiger partial charge in [-0.25, -0.2) is 0 Å². The number of carbonyl (C=O) groups is 1. The molecule has 0 fully saturated rings. The molecule has 0 saturated heterocycles. The third-order valence-electron chi connectivity index (χ3n) is 10.3. The zero-order chi connectivity index (χ0) is 38.2. The topological polar surface area (TPSA) is 151 Å². The second-order valence-corrected chi connectivity index (χ2v) is 13.8. The Labute approximate surface area is 315 Å². The smallest absolute Gasteiger partial charge is 0.164 e. The van der Waals surface area contributed by atoms with Crippen molar-refractivity contribution in [1.29, 1.82) is 0 Å². The summed E-state index contributed by atoms with van der Waals surface area (Å²) < 4.78 is 11.1. The number of benzene rings is 5. The number of nitrogens with zero attached hydrogens (tertiary/aromatic N) is 1. The number of aliphatic hydroxyl groups excluding tert-OH is 2. The molecule has 54 heavy (non-hydrogen) atoms. The zero-order valence-corrected chi connectivity index (χ0v) is 30.5. The Bertz CT molecular complexity index is 2190. The lowest BCUT2D eigenvalue weighted by molar-refractivity contribution is -0.123. The molecule has 5 N–H and O–H groups in total. The predicted octanol–water partition coefficient (Wildman–Crippen LogP) is 6.80. The minimum atomic E-state index is -1.07. The molecule has 9 heteroatoms. The van der Waals surface area contributed by atoms with Gasteiger partial charge in [0, 0.05) is 30.9 Å². The Kier molecular flexibility index (Phi) is 12.2. The Hall–Kier alpha value is -5.77. The molecule has 0 aliphatic heterocycles. The molecule has 5 aromatic carbocycles. The summed E-state index contributed by atoms with van der Waals surface area (Å²) in [5, 5.41) is 55.4. The number of aromatic hydroxyl groups is 3. The first-order valence-corrected chi connectivity index (χ1v) is 18.1. The summed E-state index contributed by atoms with van der Waals surface area (Å²) in [4.78, 5) is 18.5. The molecule has 0 aliphatic rings. The van der Waals surface area contributed by atoms with Crippen LogP contribution in [0.1, 0.15) is 51.3 Å². The van der Waals surface area contributed by atoms with Crippen molar-refractivity contribution < 1.29 is 39.8 Å². The van der Waals surface area contributed by atoms with E-state index in [1.807, 2.05) is 48.5 Å². The number of ether oxygens (including phenoxy) is 2. The molecule has 0 bridgehead atoms. The van der Waals surface area contributed by atoms with Crippen molar-refractivity contribution in [3.8, 4) is 28.7 Å². The summed E-state index contributed by atoms with van der Waals surface area (Å²) in [5.74, 6) is -0.700. The summed E-state index contributed by atoms with van der Waals surface area (Å²) in [6.45, 7) is 0.0123. The molecule has 0 amide bonds. The van der Waals surface area contributed by atoms with Gasteiger partial charge in [-0.15, -0.1) is 0 Å². The number of hydrogen-bond acceptors (Lipinski definition) is 8.